The normalized spacial score (nSPS) is 10.2. The van der Waals surface area contributed by atoms with Crippen LogP contribution in [0.2, 0.25) is 0 Å². The molecule has 0 fully saturated rings. The third-order valence-corrected chi connectivity index (χ3v) is 2.15. The van der Waals surface area contributed by atoms with Gasteiger partial charge < -0.3 is 9.15 Å². The molecule has 4 nitrogen and oxygen atoms in total. The van der Waals surface area contributed by atoms with Crippen molar-refractivity contribution in [1.29, 1.82) is 0 Å². The number of carbonyl (C=O) groups is 1. The molecule has 0 aliphatic carbocycles. The molecule has 0 unspecified atom stereocenters. The minimum absolute atomic E-state index is 0.324. The van der Waals surface area contributed by atoms with E-state index in [0.717, 1.165) is 0 Å². The lowest BCUT2D eigenvalue weighted by molar-refractivity contribution is -0.130. The Morgan fingerprint density at radius 2 is 2.06 bits per heavy atom. The Hall–Kier alpha value is -2.36. The average molecular weight is 230 g/mol. The zero-order chi connectivity index (χ0) is 12.4. The van der Waals surface area contributed by atoms with Crippen LogP contribution < -0.4 is 10.4 Å². The molecule has 1 aromatic carbocycles. The van der Waals surface area contributed by atoms with Crippen LogP contribution in [-0.4, -0.2) is 5.97 Å². The Labute approximate surface area is 97.1 Å². The number of ether oxygens (including phenoxy) is 1. The van der Waals surface area contributed by atoms with E-state index in [1.807, 2.05) is 0 Å². The molecule has 0 bridgehead atoms. The van der Waals surface area contributed by atoms with Crippen LogP contribution in [0.25, 0.3) is 11.0 Å². The van der Waals surface area contributed by atoms with E-state index in [-0.39, 0.29) is 0 Å². The van der Waals surface area contributed by atoms with Crippen molar-refractivity contribution in [3.8, 4) is 5.75 Å². The quantitative estimate of drug-likeness (QED) is 0.343. The number of hydrogen-bond acceptors (Lipinski definition) is 4. The van der Waals surface area contributed by atoms with Gasteiger partial charge in [-0.15, -0.1) is 0 Å². The number of benzene rings is 1. The number of hydrogen-bond donors (Lipinski definition) is 0. The SMILES string of the molecule is C=C(C)C(=O)Oc1ccc2oc(=O)ccc2c1. The number of esters is 1. The highest BCUT2D eigenvalue weighted by atomic mass is 16.5. The first-order valence-corrected chi connectivity index (χ1v) is 4.98. The second-order valence-corrected chi connectivity index (χ2v) is 3.62. The molecular formula is C13H10O4. The van der Waals surface area contributed by atoms with Crippen LogP contribution in [-0.2, 0) is 4.79 Å². The van der Waals surface area contributed by atoms with Crippen molar-refractivity contribution >= 4 is 16.9 Å². The molecule has 0 N–H and O–H groups in total. The van der Waals surface area contributed by atoms with Gasteiger partial charge in [-0.3, -0.25) is 0 Å². The van der Waals surface area contributed by atoms with E-state index in [9.17, 15) is 9.59 Å². The molecular weight excluding hydrogens is 220 g/mol. The Morgan fingerprint density at radius 1 is 1.29 bits per heavy atom. The van der Waals surface area contributed by atoms with Crippen LogP contribution in [0.3, 0.4) is 0 Å². The third kappa shape index (κ3) is 2.42. The van der Waals surface area contributed by atoms with Gasteiger partial charge in [0.1, 0.15) is 11.3 Å². The maximum Gasteiger partial charge on any atom is 0.338 e. The summed E-state index contributed by atoms with van der Waals surface area (Å²) >= 11 is 0. The second kappa shape index (κ2) is 4.25. The first-order chi connectivity index (χ1) is 8.06. The van der Waals surface area contributed by atoms with Crippen molar-refractivity contribution in [3.05, 3.63) is 52.9 Å². The molecule has 0 aliphatic heterocycles. The summed E-state index contributed by atoms with van der Waals surface area (Å²) in [7, 11) is 0. The monoisotopic (exact) mass is 230 g/mol. The Morgan fingerprint density at radius 3 is 2.76 bits per heavy atom. The largest absolute Gasteiger partial charge is 0.423 e. The van der Waals surface area contributed by atoms with Crippen LogP contribution >= 0.6 is 0 Å². The molecule has 0 aliphatic rings. The van der Waals surface area contributed by atoms with Gasteiger partial charge in [-0.05, 0) is 31.2 Å². The van der Waals surface area contributed by atoms with Crippen LogP contribution in [0.4, 0.5) is 0 Å². The van der Waals surface area contributed by atoms with E-state index in [2.05, 4.69) is 6.58 Å². The molecule has 0 saturated carbocycles. The molecule has 0 radical (unpaired) electrons. The average Bonchev–Trinajstić information content (AvgIpc) is 2.29. The summed E-state index contributed by atoms with van der Waals surface area (Å²) in [6, 6.07) is 7.69. The van der Waals surface area contributed by atoms with Crippen molar-refractivity contribution in [2.45, 2.75) is 6.92 Å². The van der Waals surface area contributed by atoms with Crippen LogP contribution in [0.5, 0.6) is 5.75 Å². The highest BCUT2D eigenvalue weighted by Crippen LogP contribution is 2.20. The molecule has 86 valence electrons. The zero-order valence-electron chi connectivity index (χ0n) is 9.23. The summed E-state index contributed by atoms with van der Waals surface area (Å²) in [4.78, 5) is 22.3. The summed E-state index contributed by atoms with van der Waals surface area (Å²) in [6.07, 6.45) is 0. The van der Waals surface area contributed by atoms with Crippen LogP contribution in [0, 0.1) is 0 Å². The molecule has 1 aromatic heterocycles. The lowest BCUT2D eigenvalue weighted by Crippen LogP contribution is -2.08. The number of fused-ring (bicyclic) bond motifs is 1. The Kier molecular flexibility index (Phi) is 2.78. The maximum absolute atomic E-state index is 11.3. The molecule has 0 amide bonds. The van der Waals surface area contributed by atoms with Crippen LogP contribution in [0.1, 0.15) is 6.92 Å². The summed E-state index contributed by atoms with van der Waals surface area (Å²) in [5, 5.41) is 0.691. The predicted octanol–water partition coefficient (Wildman–Crippen LogP) is 2.27. The maximum atomic E-state index is 11.3. The van der Waals surface area contributed by atoms with Crippen molar-refractivity contribution < 1.29 is 13.9 Å². The lowest BCUT2D eigenvalue weighted by Gasteiger charge is -2.04. The van der Waals surface area contributed by atoms with Gasteiger partial charge in [0.2, 0.25) is 0 Å². The molecule has 0 atom stereocenters. The summed E-state index contributed by atoms with van der Waals surface area (Å²) in [6.45, 7) is 5.06. The fourth-order valence-corrected chi connectivity index (χ4v) is 1.31. The molecule has 0 spiro atoms. The molecule has 17 heavy (non-hydrogen) atoms. The minimum atomic E-state index is -0.485. The van der Waals surface area contributed by atoms with Gasteiger partial charge in [0.25, 0.3) is 0 Å². The standard InChI is InChI=1S/C13H10O4/c1-8(2)13(15)16-10-4-5-11-9(7-10)3-6-12(14)17-11/h3-7H,1H2,2H3. The zero-order valence-corrected chi connectivity index (χ0v) is 9.23. The Balaban J connectivity index is 2.38. The second-order valence-electron chi connectivity index (χ2n) is 3.62. The highest BCUT2D eigenvalue weighted by Gasteiger charge is 2.06. The van der Waals surface area contributed by atoms with Crippen LogP contribution in [0.15, 0.2) is 51.7 Å². The van der Waals surface area contributed by atoms with Gasteiger partial charge in [0.15, 0.2) is 0 Å². The smallest absolute Gasteiger partial charge is 0.338 e. The first-order valence-electron chi connectivity index (χ1n) is 4.98. The van der Waals surface area contributed by atoms with Gasteiger partial charge >= 0.3 is 11.6 Å². The molecule has 2 aromatic rings. The lowest BCUT2D eigenvalue weighted by atomic mass is 10.2. The van der Waals surface area contributed by atoms with E-state index in [4.69, 9.17) is 9.15 Å². The number of rotatable bonds is 2. The van der Waals surface area contributed by atoms with Gasteiger partial charge in [-0.25, -0.2) is 9.59 Å². The highest BCUT2D eigenvalue weighted by molar-refractivity contribution is 5.89. The van der Waals surface area contributed by atoms with Gasteiger partial charge in [0.05, 0.1) is 0 Å². The first kappa shape index (κ1) is 11.1. The van der Waals surface area contributed by atoms with Gasteiger partial charge in [-0.1, -0.05) is 6.58 Å². The van der Waals surface area contributed by atoms with Crippen molar-refractivity contribution in [2.24, 2.45) is 0 Å². The minimum Gasteiger partial charge on any atom is -0.423 e. The topological polar surface area (TPSA) is 56.5 Å². The molecule has 2 rings (SSSR count). The summed E-state index contributed by atoms with van der Waals surface area (Å²) in [5.41, 5.74) is 0.362. The Bertz CT molecular complexity index is 652. The fourth-order valence-electron chi connectivity index (χ4n) is 1.31. The summed E-state index contributed by atoms with van der Waals surface area (Å²) < 4.78 is 10.0. The molecule has 4 heteroatoms. The van der Waals surface area contributed by atoms with E-state index in [1.165, 1.54) is 6.07 Å². The molecule has 0 saturated heterocycles. The van der Waals surface area contributed by atoms with Gasteiger partial charge in [0, 0.05) is 17.0 Å². The van der Waals surface area contributed by atoms with Crippen molar-refractivity contribution in [1.82, 2.24) is 0 Å². The van der Waals surface area contributed by atoms with E-state index in [1.54, 1.807) is 31.2 Å². The number of carbonyl (C=O) groups excluding carboxylic acids is 1. The van der Waals surface area contributed by atoms with E-state index >= 15 is 0 Å². The van der Waals surface area contributed by atoms with Crippen molar-refractivity contribution in [3.63, 3.8) is 0 Å². The third-order valence-electron chi connectivity index (χ3n) is 2.15. The van der Waals surface area contributed by atoms with E-state index < -0.39 is 11.6 Å². The predicted molar refractivity (Wildman–Crippen MR) is 62.9 cm³/mol. The fraction of sp³-hybridized carbons (Fsp3) is 0.0769. The van der Waals surface area contributed by atoms with E-state index in [0.29, 0.717) is 22.3 Å². The molecule has 1 heterocycles. The van der Waals surface area contributed by atoms with Crippen molar-refractivity contribution in [2.75, 3.05) is 0 Å². The summed E-state index contributed by atoms with van der Waals surface area (Å²) in [5.74, 6) is -0.0962. The van der Waals surface area contributed by atoms with Gasteiger partial charge in [-0.2, -0.15) is 0 Å².